The third kappa shape index (κ3) is 3.33. The van der Waals surface area contributed by atoms with Crippen LogP contribution in [0.4, 0.5) is 8.78 Å². The summed E-state index contributed by atoms with van der Waals surface area (Å²) in [6.45, 7) is 4.31. The molecule has 11 heteroatoms. The Morgan fingerprint density at radius 1 is 1.03 bits per heavy atom. The van der Waals surface area contributed by atoms with Gasteiger partial charge in [-0.05, 0) is 66.1 Å². The third-order valence-corrected chi connectivity index (χ3v) is 8.80. The molecule has 1 fully saturated rings. The molecule has 188 valence electrons. The highest BCUT2D eigenvalue weighted by atomic mass is 32.2. The lowest BCUT2D eigenvalue weighted by Gasteiger charge is -2.37. The number of nitrogens with zero attached hydrogens (tertiary/aromatic N) is 5. The summed E-state index contributed by atoms with van der Waals surface area (Å²) in [6.07, 6.45) is 4.66. The van der Waals surface area contributed by atoms with Gasteiger partial charge in [-0.1, -0.05) is 19.9 Å². The first-order valence-electron chi connectivity index (χ1n) is 11.7. The van der Waals surface area contributed by atoms with Gasteiger partial charge < -0.3 is 0 Å². The standard InChI is InChI=1S/C26H22F2N6O2S/c1-25(2)16-8-10-26(25,23-15(16)12-19(33-34-23)22-17(27)4-3-5-18(22)28)20-9-11-30-24(32-20)14-6-7-21(31-13-14)37(29,35)36/h3-7,9,11-13,16H,8,10H2,1-2H3,(H2,29,35,36)/t16-,26+/m0/s1. The Morgan fingerprint density at radius 3 is 2.46 bits per heavy atom. The number of fused-ring (bicyclic) bond motifs is 5. The van der Waals surface area contributed by atoms with E-state index in [1.54, 1.807) is 18.3 Å². The molecule has 6 rings (SSSR count). The van der Waals surface area contributed by atoms with Crippen LogP contribution in [0.1, 0.15) is 49.6 Å². The van der Waals surface area contributed by atoms with Crippen LogP contribution in [-0.4, -0.2) is 33.6 Å². The van der Waals surface area contributed by atoms with E-state index in [9.17, 15) is 17.2 Å². The predicted molar refractivity (Wildman–Crippen MR) is 131 cm³/mol. The van der Waals surface area contributed by atoms with Crippen molar-refractivity contribution in [3.8, 4) is 22.6 Å². The maximum absolute atomic E-state index is 14.5. The van der Waals surface area contributed by atoms with Gasteiger partial charge in [-0.3, -0.25) is 0 Å². The first kappa shape index (κ1) is 23.7. The normalized spacial score (nSPS) is 21.7. The van der Waals surface area contributed by atoms with E-state index in [-0.39, 0.29) is 27.6 Å². The zero-order valence-corrected chi connectivity index (χ0v) is 20.8. The van der Waals surface area contributed by atoms with E-state index in [2.05, 4.69) is 34.0 Å². The van der Waals surface area contributed by atoms with Gasteiger partial charge in [-0.25, -0.2) is 37.3 Å². The average Bonchev–Trinajstić information content (AvgIpc) is 3.24. The molecule has 4 aromatic rings. The van der Waals surface area contributed by atoms with Crippen LogP contribution in [0.15, 0.2) is 59.9 Å². The van der Waals surface area contributed by atoms with Crippen LogP contribution >= 0.6 is 0 Å². The second-order valence-corrected chi connectivity index (χ2v) is 11.6. The number of hydrogen-bond acceptors (Lipinski definition) is 7. The van der Waals surface area contributed by atoms with Gasteiger partial charge in [-0.2, -0.15) is 5.10 Å². The van der Waals surface area contributed by atoms with Crippen LogP contribution in [0.2, 0.25) is 0 Å². The minimum absolute atomic E-state index is 0.0979. The SMILES string of the molecule is CC1(C)[C@H]2CC[C@@]1(c1ccnc(-c3ccc(S(N)(=O)=O)nc3)n1)c1nnc(-c3c(F)cccc3F)cc12. The van der Waals surface area contributed by atoms with Crippen LogP contribution in [0.25, 0.3) is 22.6 Å². The van der Waals surface area contributed by atoms with Gasteiger partial charge in [0.25, 0.3) is 10.0 Å². The van der Waals surface area contributed by atoms with Crippen LogP contribution < -0.4 is 5.14 Å². The Bertz CT molecular complexity index is 1660. The molecular formula is C26H22F2N6O2S. The number of halogens is 2. The zero-order chi connectivity index (χ0) is 26.2. The smallest absolute Gasteiger partial charge is 0.243 e. The Hall–Kier alpha value is -3.70. The number of benzene rings is 1. The maximum Gasteiger partial charge on any atom is 0.255 e. The van der Waals surface area contributed by atoms with Crippen molar-refractivity contribution in [3.63, 3.8) is 0 Å². The highest BCUT2D eigenvalue weighted by Crippen LogP contribution is 2.69. The van der Waals surface area contributed by atoms with E-state index in [0.29, 0.717) is 11.4 Å². The highest BCUT2D eigenvalue weighted by Gasteiger charge is 2.65. The number of pyridine rings is 1. The van der Waals surface area contributed by atoms with Crippen molar-refractivity contribution < 1.29 is 17.2 Å². The Balaban J connectivity index is 1.47. The van der Waals surface area contributed by atoms with Gasteiger partial charge in [0.15, 0.2) is 10.9 Å². The van der Waals surface area contributed by atoms with Crippen molar-refractivity contribution in [2.24, 2.45) is 10.6 Å². The minimum atomic E-state index is -3.92. The maximum atomic E-state index is 14.5. The summed E-state index contributed by atoms with van der Waals surface area (Å²) < 4.78 is 52.1. The fraction of sp³-hybridized carbons (Fsp3) is 0.269. The molecule has 0 unspecified atom stereocenters. The molecule has 0 amide bonds. The zero-order valence-electron chi connectivity index (χ0n) is 20.0. The van der Waals surface area contributed by atoms with Gasteiger partial charge in [0.2, 0.25) is 0 Å². The number of primary sulfonamides is 1. The second kappa shape index (κ2) is 7.90. The highest BCUT2D eigenvalue weighted by molar-refractivity contribution is 7.89. The van der Waals surface area contributed by atoms with Crippen molar-refractivity contribution in [1.29, 1.82) is 0 Å². The second-order valence-electron chi connectivity index (χ2n) is 10.0. The summed E-state index contributed by atoms with van der Waals surface area (Å²) >= 11 is 0. The molecule has 0 aliphatic heterocycles. The lowest BCUT2D eigenvalue weighted by atomic mass is 9.66. The summed E-state index contributed by atoms with van der Waals surface area (Å²) in [7, 11) is -3.92. The lowest BCUT2D eigenvalue weighted by molar-refractivity contribution is 0.243. The van der Waals surface area contributed by atoms with Gasteiger partial charge in [0, 0.05) is 18.0 Å². The summed E-state index contributed by atoms with van der Waals surface area (Å²) in [5.41, 5.74) is 2.04. The van der Waals surface area contributed by atoms with E-state index < -0.39 is 27.1 Å². The van der Waals surface area contributed by atoms with Crippen LogP contribution in [0, 0.1) is 17.0 Å². The van der Waals surface area contributed by atoms with Gasteiger partial charge in [-0.15, -0.1) is 5.10 Å². The largest absolute Gasteiger partial charge is 0.255 e. The van der Waals surface area contributed by atoms with Gasteiger partial charge in [0.1, 0.15) is 11.6 Å². The molecule has 2 aliphatic carbocycles. The molecule has 1 aromatic carbocycles. The number of aromatic nitrogens is 5. The number of rotatable bonds is 4. The van der Waals surface area contributed by atoms with Crippen molar-refractivity contribution in [3.05, 3.63) is 83.4 Å². The van der Waals surface area contributed by atoms with Crippen molar-refractivity contribution in [2.45, 2.75) is 43.0 Å². The number of nitrogens with two attached hydrogens (primary N) is 1. The molecule has 0 saturated heterocycles. The van der Waals surface area contributed by atoms with E-state index in [1.165, 1.54) is 30.5 Å². The fourth-order valence-electron chi connectivity index (χ4n) is 6.17. The van der Waals surface area contributed by atoms with Gasteiger partial charge >= 0.3 is 0 Å². The van der Waals surface area contributed by atoms with Crippen LogP contribution in [-0.2, 0) is 15.4 Å². The predicted octanol–water partition coefficient (Wildman–Crippen LogP) is 4.12. The molecule has 0 spiro atoms. The van der Waals surface area contributed by atoms with Gasteiger partial charge in [0.05, 0.1) is 28.1 Å². The Labute approximate surface area is 212 Å². The molecule has 2 N–H and O–H groups in total. The topological polar surface area (TPSA) is 125 Å². The van der Waals surface area contributed by atoms with Crippen molar-refractivity contribution >= 4 is 10.0 Å². The molecule has 3 heterocycles. The van der Waals surface area contributed by atoms with Crippen LogP contribution in [0.5, 0.6) is 0 Å². The van der Waals surface area contributed by atoms with E-state index in [4.69, 9.17) is 10.1 Å². The molecule has 0 radical (unpaired) electrons. The summed E-state index contributed by atoms with van der Waals surface area (Å²) in [4.78, 5) is 13.2. The number of hydrogen-bond donors (Lipinski definition) is 1. The number of sulfonamides is 1. The monoisotopic (exact) mass is 520 g/mol. The molecular weight excluding hydrogens is 498 g/mol. The first-order valence-corrected chi connectivity index (χ1v) is 13.2. The molecule has 8 nitrogen and oxygen atoms in total. The van der Waals surface area contributed by atoms with E-state index >= 15 is 0 Å². The average molecular weight is 521 g/mol. The van der Waals surface area contributed by atoms with E-state index in [0.717, 1.165) is 29.8 Å². The molecule has 37 heavy (non-hydrogen) atoms. The first-order chi connectivity index (χ1) is 17.5. The quantitative estimate of drug-likeness (QED) is 0.429. The van der Waals surface area contributed by atoms with E-state index in [1.807, 2.05) is 6.07 Å². The third-order valence-electron chi connectivity index (χ3n) is 7.98. The van der Waals surface area contributed by atoms with Crippen LogP contribution in [0.3, 0.4) is 0 Å². The minimum Gasteiger partial charge on any atom is -0.243 e. The Morgan fingerprint density at radius 2 is 1.78 bits per heavy atom. The summed E-state index contributed by atoms with van der Waals surface area (Å²) in [6, 6.07) is 10.2. The van der Waals surface area contributed by atoms with Crippen molar-refractivity contribution in [2.75, 3.05) is 0 Å². The fourth-order valence-corrected chi connectivity index (χ4v) is 6.63. The summed E-state index contributed by atoms with van der Waals surface area (Å²) in [5.74, 6) is -0.894. The molecule has 2 bridgehead atoms. The molecule has 2 aliphatic rings. The molecule has 1 saturated carbocycles. The van der Waals surface area contributed by atoms with Crippen molar-refractivity contribution in [1.82, 2.24) is 25.1 Å². The molecule has 2 atom stereocenters. The summed E-state index contributed by atoms with van der Waals surface area (Å²) in [5, 5.41) is 13.7. The molecule has 3 aromatic heterocycles. The Kier molecular flexibility index (Phi) is 5.06. The lowest BCUT2D eigenvalue weighted by Crippen LogP contribution is -2.38.